The van der Waals surface area contributed by atoms with Crippen molar-refractivity contribution in [2.45, 2.75) is 69.9 Å². The first-order valence-electron chi connectivity index (χ1n) is 10.6. The first-order valence-corrected chi connectivity index (χ1v) is 10.6. The third-order valence-electron chi connectivity index (χ3n) is 6.87. The fraction of sp³-hybridized carbons (Fsp3) is 0.480. The third-order valence-corrected chi connectivity index (χ3v) is 6.87. The van der Waals surface area contributed by atoms with E-state index in [2.05, 4.69) is 43.0 Å². The zero-order valence-electron chi connectivity index (χ0n) is 17.7. The van der Waals surface area contributed by atoms with Crippen LogP contribution in [0.1, 0.15) is 50.7 Å². The molecular weight excluding hydrogens is 363 g/mol. The predicted octanol–water partition coefficient (Wildman–Crippen LogP) is 5.58. The van der Waals surface area contributed by atoms with E-state index in [0.29, 0.717) is 13.0 Å². The van der Waals surface area contributed by atoms with E-state index in [1.165, 1.54) is 5.56 Å². The van der Waals surface area contributed by atoms with Crippen molar-refractivity contribution in [1.82, 2.24) is 4.90 Å². The minimum absolute atomic E-state index is 0.0644. The van der Waals surface area contributed by atoms with Crippen molar-refractivity contribution in [3.63, 3.8) is 0 Å². The fourth-order valence-corrected chi connectivity index (χ4v) is 5.20. The number of benzene rings is 2. The molecule has 2 fully saturated rings. The lowest BCUT2D eigenvalue weighted by molar-refractivity contribution is -0.0903. The second-order valence-corrected chi connectivity index (χ2v) is 8.97. The minimum atomic E-state index is -1.03. The van der Waals surface area contributed by atoms with Crippen LogP contribution in [0.2, 0.25) is 0 Å². The molecular formula is C25H31FN2O. The molecule has 2 aromatic rings. The van der Waals surface area contributed by atoms with Crippen molar-refractivity contribution < 1.29 is 9.13 Å². The number of aliphatic imine (C=N–C) groups is 1. The van der Waals surface area contributed by atoms with Gasteiger partial charge in [-0.25, -0.2) is 4.39 Å². The maximum absolute atomic E-state index is 15.9. The number of nitrogens with zero attached hydrogens (tertiary/aromatic N) is 2. The molecule has 3 nitrogen and oxygen atoms in total. The van der Waals surface area contributed by atoms with Crippen LogP contribution >= 0.6 is 0 Å². The Bertz CT molecular complexity index is 866. The monoisotopic (exact) mass is 394 g/mol. The Kier molecular flexibility index (Phi) is 5.48. The number of methoxy groups -OCH3 is 1. The predicted molar refractivity (Wildman–Crippen MR) is 116 cm³/mol. The summed E-state index contributed by atoms with van der Waals surface area (Å²) in [7, 11) is 1.68. The van der Waals surface area contributed by atoms with Gasteiger partial charge in [0.05, 0.1) is 24.9 Å². The van der Waals surface area contributed by atoms with E-state index in [9.17, 15) is 0 Å². The molecule has 2 saturated heterocycles. The maximum atomic E-state index is 15.9. The lowest BCUT2D eigenvalue weighted by Gasteiger charge is -2.60. The summed E-state index contributed by atoms with van der Waals surface area (Å²) in [6.07, 6.45) is 2.68. The van der Waals surface area contributed by atoms with Gasteiger partial charge in [-0.05, 0) is 56.4 Å². The van der Waals surface area contributed by atoms with E-state index in [1.54, 1.807) is 7.11 Å². The van der Waals surface area contributed by atoms with Crippen LogP contribution in [0.15, 0.2) is 59.6 Å². The summed E-state index contributed by atoms with van der Waals surface area (Å²) in [5, 5.41) is 0. The molecule has 0 saturated carbocycles. The zero-order valence-corrected chi connectivity index (χ0v) is 17.7. The van der Waals surface area contributed by atoms with Crippen molar-refractivity contribution in [3.8, 4) is 5.75 Å². The molecule has 2 aromatic carbocycles. The average molecular weight is 395 g/mol. The van der Waals surface area contributed by atoms with Crippen LogP contribution in [0.4, 0.5) is 4.39 Å². The van der Waals surface area contributed by atoms with Gasteiger partial charge in [0, 0.05) is 18.5 Å². The topological polar surface area (TPSA) is 24.8 Å². The Morgan fingerprint density at radius 3 is 2.45 bits per heavy atom. The number of rotatable bonds is 5. The maximum Gasteiger partial charge on any atom is 0.156 e. The van der Waals surface area contributed by atoms with Crippen molar-refractivity contribution in [1.29, 1.82) is 0 Å². The smallest absolute Gasteiger partial charge is 0.156 e. The molecule has 3 atom stereocenters. The average Bonchev–Trinajstić information content (AvgIpc) is 2.74. The van der Waals surface area contributed by atoms with Crippen LogP contribution in [0, 0.1) is 0 Å². The SMILES string of the molecule is COc1ccc(CN2[C@]3(C)CCC[C@@]2(C)[C@H](F)/C(=N\Cc2ccccc2)C3)cc1. The van der Waals surface area contributed by atoms with Gasteiger partial charge < -0.3 is 4.74 Å². The molecule has 2 aliphatic heterocycles. The molecule has 0 aromatic heterocycles. The Hall–Kier alpha value is -2.20. The van der Waals surface area contributed by atoms with Crippen LogP contribution in [0.3, 0.4) is 0 Å². The molecule has 2 aliphatic rings. The van der Waals surface area contributed by atoms with Crippen LogP contribution in [-0.4, -0.2) is 35.0 Å². The van der Waals surface area contributed by atoms with Gasteiger partial charge in [-0.3, -0.25) is 9.89 Å². The quantitative estimate of drug-likeness (QED) is 0.661. The highest BCUT2D eigenvalue weighted by atomic mass is 19.1. The lowest BCUT2D eigenvalue weighted by Crippen LogP contribution is -2.70. The van der Waals surface area contributed by atoms with Gasteiger partial charge in [-0.15, -0.1) is 0 Å². The molecule has 0 spiro atoms. The Balaban J connectivity index is 1.60. The summed E-state index contributed by atoms with van der Waals surface area (Å²) >= 11 is 0. The Morgan fingerprint density at radius 2 is 1.76 bits per heavy atom. The molecule has 0 unspecified atom stereocenters. The van der Waals surface area contributed by atoms with E-state index >= 15 is 4.39 Å². The summed E-state index contributed by atoms with van der Waals surface area (Å²) in [6, 6.07) is 18.3. The van der Waals surface area contributed by atoms with Gasteiger partial charge in [0.25, 0.3) is 0 Å². The molecule has 0 amide bonds. The highest BCUT2D eigenvalue weighted by Gasteiger charge is 2.56. The molecule has 0 aliphatic carbocycles. The molecule has 4 heteroatoms. The molecule has 154 valence electrons. The van der Waals surface area contributed by atoms with Gasteiger partial charge >= 0.3 is 0 Å². The number of alkyl halides is 1. The second kappa shape index (κ2) is 7.91. The summed E-state index contributed by atoms with van der Waals surface area (Å²) in [6.45, 7) is 5.69. The molecule has 0 radical (unpaired) electrons. The first kappa shape index (κ1) is 20.1. The number of fused-ring (bicyclic) bond motifs is 2. The first-order chi connectivity index (χ1) is 13.9. The fourth-order valence-electron chi connectivity index (χ4n) is 5.20. The normalized spacial score (nSPS) is 31.0. The van der Waals surface area contributed by atoms with Gasteiger partial charge in [0.2, 0.25) is 0 Å². The van der Waals surface area contributed by atoms with E-state index in [0.717, 1.165) is 42.8 Å². The van der Waals surface area contributed by atoms with Crippen molar-refractivity contribution in [2.24, 2.45) is 4.99 Å². The van der Waals surface area contributed by atoms with Crippen molar-refractivity contribution in [2.75, 3.05) is 7.11 Å². The second-order valence-electron chi connectivity index (χ2n) is 8.97. The molecule has 4 rings (SSSR count). The van der Waals surface area contributed by atoms with E-state index in [4.69, 9.17) is 9.73 Å². The summed E-state index contributed by atoms with van der Waals surface area (Å²) in [4.78, 5) is 7.18. The van der Waals surface area contributed by atoms with Gasteiger partial charge in [0.1, 0.15) is 5.75 Å². The largest absolute Gasteiger partial charge is 0.497 e. The zero-order chi connectivity index (χ0) is 20.5. The number of piperidine rings is 2. The summed E-state index contributed by atoms with van der Waals surface area (Å²) < 4.78 is 21.1. The van der Waals surface area contributed by atoms with Crippen LogP contribution in [0.5, 0.6) is 5.75 Å². The van der Waals surface area contributed by atoms with Crippen molar-refractivity contribution in [3.05, 3.63) is 65.7 Å². The minimum Gasteiger partial charge on any atom is -0.497 e. The highest BCUT2D eigenvalue weighted by molar-refractivity contribution is 5.92. The van der Waals surface area contributed by atoms with Gasteiger partial charge in [-0.1, -0.05) is 42.5 Å². The summed E-state index contributed by atoms with van der Waals surface area (Å²) in [5.74, 6) is 0.851. The van der Waals surface area contributed by atoms with Crippen molar-refractivity contribution >= 4 is 5.71 Å². The highest BCUT2D eigenvalue weighted by Crippen LogP contribution is 2.49. The number of hydrogen-bond donors (Lipinski definition) is 0. The number of ether oxygens (including phenoxy) is 1. The molecule has 0 N–H and O–H groups in total. The molecule has 2 heterocycles. The number of hydrogen-bond acceptors (Lipinski definition) is 3. The lowest BCUT2D eigenvalue weighted by atomic mass is 9.67. The van der Waals surface area contributed by atoms with Crippen LogP contribution in [0.25, 0.3) is 0 Å². The third kappa shape index (κ3) is 3.83. The van der Waals surface area contributed by atoms with Gasteiger partial charge in [-0.2, -0.15) is 0 Å². The molecule has 29 heavy (non-hydrogen) atoms. The number of halogens is 1. The van der Waals surface area contributed by atoms with E-state index in [1.807, 2.05) is 30.3 Å². The van der Waals surface area contributed by atoms with Gasteiger partial charge in [0.15, 0.2) is 6.17 Å². The summed E-state index contributed by atoms with van der Waals surface area (Å²) in [5.41, 5.74) is 2.49. The Labute approximate surface area is 173 Å². The van der Waals surface area contributed by atoms with Crippen LogP contribution in [-0.2, 0) is 13.1 Å². The standard InChI is InChI=1S/C25H31FN2O/c1-24-14-7-15-25(2,28(24)18-20-10-12-21(29-3)13-11-20)23(26)22(16-24)27-17-19-8-5-4-6-9-19/h4-6,8-13,23H,7,14-18H2,1-3H3/b27-22-/t23-,24-,25+/m1/s1. The van der Waals surface area contributed by atoms with E-state index < -0.39 is 11.7 Å². The van der Waals surface area contributed by atoms with Crippen LogP contribution < -0.4 is 4.74 Å². The van der Waals surface area contributed by atoms with E-state index in [-0.39, 0.29) is 5.54 Å². The molecule has 2 bridgehead atoms. The Morgan fingerprint density at radius 1 is 1.03 bits per heavy atom.